The highest BCUT2D eigenvalue weighted by Crippen LogP contribution is 2.43. The van der Waals surface area contributed by atoms with Gasteiger partial charge in [-0.3, -0.25) is 0 Å². The summed E-state index contributed by atoms with van der Waals surface area (Å²) in [6.45, 7) is 0.826. The molecule has 1 unspecified atom stereocenters. The van der Waals surface area contributed by atoms with Gasteiger partial charge in [0.15, 0.2) is 0 Å². The molecule has 1 aliphatic heterocycles. The van der Waals surface area contributed by atoms with Crippen LogP contribution in [0.2, 0.25) is 0 Å². The van der Waals surface area contributed by atoms with Crippen LogP contribution in [-0.2, 0) is 5.41 Å². The zero-order valence-electron chi connectivity index (χ0n) is 13.1. The van der Waals surface area contributed by atoms with Gasteiger partial charge in [-0.25, -0.2) is 9.18 Å². The van der Waals surface area contributed by atoms with Gasteiger partial charge in [0.25, 0.3) is 0 Å². The molecule has 1 atom stereocenters. The molecule has 6 heteroatoms. The number of amides is 2. The van der Waals surface area contributed by atoms with Gasteiger partial charge in [-0.05, 0) is 42.7 Å². The molecule has 1 saturated heterocycles. The van der Waals surface area contributed by atoms with Gasteiger partial charge in [-0.1, -0.05) is 18.6 Å². The monoisotopic (exact) mass is 338 g/mol. The lowest BCUT2D eigenvalue weighted by molar-refractivity contribution is 0.0698. The van der Waals surface area contributed by atoms with Crippen molar-refractivity contribution >= 4 is 17.8 Å². The van der Waals surface area contributed by atoms with Crippen LogP contribution in [0.25, 0.3) is 0 Å². The Morgan fingerprint density at radius 1 is 1.17 bits per heavy atom. The van der Waals surface area contributed by atoms with E-state index in [-0.39, 0.29) is 23.8 Å². The molecule has 126 valence electrons. The van der Waals surface area contributed by atoms with Crippen LogP contribution in [0.4, 0.5) is 9.18 Å². The first-order valence-corrected chi connectivity index (χ1v) is 9.25. The number of rotatable bonds is 5. The van der Waals surface area contributed by atoms with Gasteiger partial charge < -0.3 is 15.7 Å². The summed E-state index contributed by atoms with van der Waals surface area (Å²) >= 11 is 1.71. The molecule has 0 aromatic heterocycles. The van der Waals surface area contributed by atoms with Crippen molar-refractivity contribution in [3.05, 3.63) is 35.6 Å². The van der Waals surface area contributed by atoms with Crippen LogP contribution in [0, 0.1) is 5.82 Å². The van der Waals surface area contributed by atoms with Crippen molar-refractivity contribution in [3.8, 4) is 0 Å². The third-order valence-corrected chi connectivity index (χ3v) is 6.25. The number of nitrogens with one attached hydrogen (secondary N) is 2. The highest BCUT2D eigenvalue weighted by Gasteiger charge is 2.39. The smallest absolute Gasteiger partial charge is 0.314 e. The Kier molecular flexibility index (Phi) is 4.82. The molecule has 0 spiro atoms. The topological polar surface area (TPSA) is 61.4 Å². The molecule has 1 saturated carbocycles. The van der Waals surface area contributed by atoms with Crippen molar-refractivity contribution in [1.29, 1.82) is 0 Å². The normalized spacial score (nSPS) is 25.7. The number of hydrogen-bond donors (Lipinski definition) is 3. The first kappa shape index (κ1) is 16.6. The van der Waals surface area contributed by atoms with Crippen molar-refractivity contribution in [2.24, 2.45) is 0 Å². The van der Waals surface area contributed by atoms with Crippen molar-refractivity contribution in [1.82, 2.24) is 10.6 Å². The predicted octanol–water partition coefficient (Wildman–Crippen LogP) is 2.41. The second-order valence-corrected chi connectivity index (χ2v) is 7.81. The summed E-state index contributed by atoms with van der Waals surface area (Å²) < 4.78 is 13.1. The third kappa shape index (κ3) is 3.80. The molecule has 1 aromatic carbocycles. The number of halogens is 1. The lowest BCUT2D eigenvalue weighted by Crippen LogP contribution is -2.51. The van der Waals surface area contributed by atoms with Gasteiger partial charge in [0, 0.05) is 24.3 Å². The molecule has 0 radical (unpaired) electrons. The number of carbonyl (C=O) groups is 1. The van der Waals surface area contributed by atoms with Crippen LogP contribution in [0.3, 0.4) is 0 Å². The van der Waals surface area contributed by atoms with Gasteiger partial charge >= 0.3 is 6.03 Å². The lowest BCUT2D eigenvalue weighted by Gasteiger charge is -2.42. The number of urea groups is 1. The Labute approximate surface area is 140 Å². The molecule has 1 aliphatic carbocycles. The number of benzene rings is 1. The minimum absolute atomic E-state index is 0.0782. The molecule has 23 heavy (non-hydrogen) atoms. The molecule has 1 heterocycles. The third-order valence-electron chi connectivity index (χ3n) is 5.02. The summed E-state index contributed by atoms with van der Waals surface area (Å²) in [6.07, 6.45) is 3.84. The highest BCUT2D eigenvalue weighted by molar-refractivity contribution is 7.99. The van der Waals surface area contributed by atoms with E-state index in [1.54, 1.807) is 11.8 Å². The molecule has 2 fully saturated rings. The van der Waals surface area contributed by atoms with E-state index in [2.05, 4.69) is 10.6 Å². The Morgan fingerprint density at radius 3 is 2.43 bits per heavy atom. The first-order chi connectivity index (χ1) is 11.0. The number of thioether (sulfide) groups is 1. The van der Waals surface area contributed by atoms with Gasteiger partial charge in [0.05, 0.1) is 5.60 Å². The number of aliphatic hydroxyl groups is 1. The Morgan fingerprint density at radius 2 is 1.87 bits per heavy atom. The standard InChI is InChI=1S/C17H23FN2O2S/c18-14-4-2-13(3-5-14)16(6-1-7-16)10-19-15(21)20-11-17(22)8-9-23-12-17/h2-5,22H,1,6-12H2,(H2,19,20,21). The van der Waals surface area contributed by atoms with Crippen LogP contribution < -0.4 is 10.6 Å². The fraction of sp³-hybridized carbons (Fsp3) is 0.588. The van der Waals surface area contributed by atoms with Gasteiger partial charge in [-0.15, -0.1) is 0 Å². The minimum atomic E-state index is -0.771. The summed E-state index contributed by atoms with van der Waals surface area (Å²) in [7, 11) is 0. The lowest BCUT2D eigenvalue weighted by atomic mass is 9.64. The van der Waals surface area contributed by atoms with Gasteiger partial charge in [-0.2, -0.15) is 11.8 Å². The molecular weight excluding hydrogens is 315 g/mol. The molecule has 0 bridgehead atoms. The maximum atomic E-state index is 13.1. The average Bonchev–Trinajstić information content (AvgIpc) is 2.93. The highest BCUT2D eigenvalue weighted by atomic mass is 32.2. The fourth-order valence-electron chi connectivity index (χ4n) is 3.27. The van der Waals surface area contributed by atoms with E-state index < -0.39 is 5.60 Å². The van der Waals surface area contributed by atoms with Gasteiger partial charge in [0.2, 0.25) is 0 Å². The summed E-state index contributed by atoms with van der Waals surface area (Å²) in [4.78, 5) is 12.0. The van der Waals surface area contributed by atoms with Crippen molar-refractivity contribution < 1.29 is 14.3 Å². The molecule has 2 amide bonds. The predicted molar refractivity (Wildman–Crippen MR) is 90.2 cm³/mol. The van der Waals surface area contributed by atoms with Crippen molar-refractivity contribution in [2.45, 2.75) is 36.7 Å². The maximum Gasteiger partial charge on any atom is 0.314 e. The first-order valence-electron chi connectivity index (χ1n) is 8.09. The van der Waals surface area contributed by atoms with E-state index in [4.69, 9.17) is 0 Å². The molecule has 3 N–H and O–H groups in total. The number of hydrogen-bond acceptors (Lipinski definition) is 3. The van der Waals surface area contributed by atoms with Crippen LogP contribution in [-0.4, -0.2) is 41.3 Å². The molecule has 4 nitrogen and oxygen atoms in total. The number of carbonyl (C=O) groups excluding carboxylic acids is 1. The van der Waals surface area contributed by atoms with E-state index >= 15 is 0 Å². The quantitative estimate of drug-likeness (QED) is 0.773. The van der Waals surface area contributed by atoms with Crippen molar-refractivity contribution in [3.63, 3.8) is 0 Å². The minimum Gasteiger partial charge on any atom is -0.387 e. The fourth-order valence-corrected chi connectivity index (χ4v) is 4.56. The molecule has 3 rings (SSSR count). The van der Waals surface area contributed by atoms with E-state index in [9.17, 15) is 14.3 Å². The summed E-state index contributed by atoms with van der Waals surface area (Å²) in [5.74, 6) is 1.37. The van der Waals surface area contributed by atoms with Crippen LogP contribution >= 0.6 is 11.8 Å². The van der Waals surface area contributed by atoms with Crippen LogP contribution in [0.5, 0.6) is 0 Å². The van der Waals surface area contributed by atoms with Crippen molar-refractivity contribution in [2.75, 3.05) is 24.6 Å². The van der Waals surface area contributed by atoms with Gasteiger partial charge in [0.1, 0.15) is 5.82 Å². The molecule has 2 aliphatic rings. The average molecular weight is 338 g/mol. The van der Waals surface area contributed by atoms with Crippen LogP contribution in [0.1, 0.15) is 31.2 Å². The largest absolute Gasteiger partial charge is 0.387 e. The zero-order valence-corrected chi connectivity index (χ0v) is 13.9. The zero-order chi connectivity index (χ0) is 16.3. The van der Waals surface area contributed by atoms with E-state index in [0.717, 1.165) is 37.0 Å². The second kappa shape index (κ2) is 6.69. The second-order valence-electron chi connectivity index (χ2n) is 6.70. The molecule has 1 aromatic rings. The van der Waals surface area contributed by atoms with E-state index in [1.807, 2.05) is 12.1 Å². The Hall–Kier alpha value is -1.27. The molecular formula is C17H23FN2O2S. The summed E-state index contributed by atoms with van der Waals surface area (Å²) in [5, 5.41) is 15.9. The Balaban J connectivity index is 1.51. The summed E-state index contributed by atoms with van der Waals surface area (Å²) in [5.41, 5.74) is 0.231. The van der Waals surface area contributed by atoms with E-state index in [1.165, 1.54) is 12.1 Å². The maximum absolute atomic E-state index is 13.1. The SMILES string of the molecule is O=C(NCC1(O)CCSC1)NCC1(c2ccc(F)cc2)CCC1. The Bertz CT molecular complexity index is 554. The van der Waals surface area contributed by atoms with E-state index in [0.29, 0.717) is 12.3 Å². The van der Waals surface area contributed by atoms with Crippen LogP contribution in [0.15, 0.2) is 24.3 Å². The summed E-state index contributed by atoms with van der Waals surface area (Å²) in [6, 6.07) is 6.33.